The van der Waals surface area contributed by atoms with Crippen molar-refractivity contribution in [2.75, 3.05) is 5.32 Å². The van der Waals surface area contributed by atoms with Crippen LogP contribution in [0.3, 0.4) is 0 Å². The Hall–Kier alpha value is -1.35. The van der Waals surface area contributed by atoms with E-state index in [1.165, 1.54) is 0 Å². The number of nitrogens with one attached hydrogen (secondary N) is 1. The van der Waals surface area contributed by atoms with Gasteiger partial charge < -0.3 is 5.32 Å². The Morgan fingerprint density at radius 2 is 1.71 bits per heavy atom. The lowest BCUT2D eigenvalue weighted by Gasteiger charge is -2.16. The minimum absolute atomic E-state index is 0.0797. The number of hydrogen-bond acceptors (Lipinski definition) is 2. The number of carbonyl (C=O) groups excluding carboxylic acids is 2. The van der Waals surface area contributed by atoms with Gasteiger partial charge >= 0.3 is 0 Å². The van der Waals surface area contributed by atoms with Crippen molar-refractivity contribution in [3.05, 3.63) is 29.3 Å². The highest BCUT2D eigenvalue weighted by atomic mass is 35.5. The van der Waals surface area contributed by atoms with E-state index in [4.69, 9.17) is 11.6 Å². The monoisotopic (exact) mass is 253 g/mol. The highest BCUT2D eigenvalue weighted by Gasteiger charge is 2.23. The van der Waals surface area contributed by atoms with E-state index in [2.05, 4.69) is 5.32 Å². The van der Waals surface area contributed by atoms with E-state index in [-0.39, 0.29) is 18.1 Å². The molecule has 1 N–H and O–H groups in total. The number of hydrogen-bond donors (Lipinski definition) is 1. The smallest absolute Gasteiger partial charge is 0.231 e. The van der Waals surface area contributed by atoms with Crippen LogP contribution in [-0.4, -0.2) is 11.7 Å². The lowest BCUT2D eigenvalue weighted by molar-refractivity contribution is -0.130. The number of ketones is 1. The van der Waals surface area contributed by atoms with E-state index in [9.17, 15) is 9.59 Å². The predicted octanol–water partition coefficient (Wildman–Crippen LogP) is 3.28. The third-order valence-electron chi connectivity index (χ3n) is 2.29. The second kappa shape index (κ2) is 5.32. The molecule has 0 unspecified atom stereocenters. The second-order valence-electron chi connectivity index (χ2n) is 4.91. The van der Waals surface area contributed by atoms with Crippen LogP contribution in [0, 0.1) is 5.41 Å². The number of halogens is 1. The molecule has 0 atom stereocenters. The summed E-state index contributed by atoms with van der Waals surface area (Å²) in [5.74, 6) is -0.379. The Morgan fingerprint density at radius 1 is 1.18 bits per heavy atom. The summed E-state index contributed by atoms with van der Waals surface area (Å²) in [5.41, 5.74) is 0.151. The Kier molecular flexibility index (Phi) is 4.29. The molecule has 1 amide bonds. The molecule has 92 valence electrons. The Balaban J connectivity index is 2.56. The maximum absolute atomic E-state index is 11.6. The molecule has 0 aliphatic rings. The van der Waals surface area contributed by atoms with Crippen LogP contribution in [0.2, 0.25) is 5.02 Å². The lowest BCUT2D eigenvalue weighted by atomic mass is 9.89. The molecule has 1 rings (SSSR count). The van der Waals surface area contributed by atoms with Gasteiger partial charge in [-0.05, 0) is 24.3 Å². The summed E-state index contributed by atoms with van der Waals surface area (Å²) in [5, 5.41) is 3.26. The van der Waals surface area contributed by atoms with Crippen molar-refractivity contribution in [2.24, 2.45) is 5.41 Å². The van der Waals surface area contributed by atoms with Crippen LogP contribution in [-0.2, 0) is 9.59 Å². The first-order chi connectivity index (χ1) is 7.79. The van der Waals surface area contributed by atoms with Gasteiger partial charge in [0.15, 0.2) is 0 Å². The highest BCUT2D eigenvalue weighted by molar-refractivity contribution is 6.30. The summed E-state index contributed by atoms with van der Waals surface area (Å²) < 4.78 is 0. The normalized spacial score (nSPS) is 11.1. The molecule has 0 heterocycles. The van der Waals surface area contributed by atoms with E-state index >= 15 is 0 Å². The van der Waals surface area contributed by atoms with E-state index < -0.39 is 5.41 Å². The SMILES string of the molecule is CC(C)(C)C(=O)CC(=O)Nc1ccc(Cl)cc1. The highest BCUT2D eigenvalue weighted by Crippen LogP contribution is 2.18. The average molecular weight is 254 g/mol. The number of carbonyl (C=O) groups is 2. The molecule has 0 aromatic heterocycles. The van der Waals surface area contributed by atoms with Crippen LogP contribution in [0.1, 0.15) is 27.2 Å². The third kappa shape index (κ3) is 4.57. The molecule has 3 nitrogen and oxygen atoms in total. The third-order valence-corrected chi connectivity index (χ3v) is 2.54. The van der Waals surface area contributed by atoms with Gasteiger partial charge in [0, 0.05) is 16.1 Å². The van der Waals surface area contributed by atoms with Gasteiger partial charge in [-0.3, -0.25) is 9.59 Å². The zero-order valence-corrected chi connectivity index (χ0v) is 11.0. The van der Waals surface area contributed by atoms with Crippen LogP contribution < -0.4 is 5.32 Å². The quantitative estimate of drug-likeness (QED) is 0.841. The van der Waals surface area contributed by atoms with Gasteiger partial charge in [0.05, 0.1) is 6.42 Å². The maximum atomic E-state index is 11.6. The van der Waals surface area contributed by atoms with Crippen molar-refractivity contribution in [2.45, 2.75) is 27.2 Å². The first kappa shape index (κ1) is 13.7. The zero-order chi connectivity index (χ0) is 13.1. The predicted molar refractivity (Wildman–Crippen MR) is 69.2 cm³/mol. The Morgan fingerprint density at radius 3 is 2.18 bits per heavy atom. The summed E-state index contributed by atoms with van der Waals surface area (Å²) in [6, 6.07) is 6.76. The largest absolute Gasteiger partial charge is 0.326 e. The molecule has 0 saturated heterocycles. The molecule has 1 aromatic rings. The number of amides is 1. The van der Waals surface area contributed by atoms with Gasteiger partial charge in [-0.15, -0.1) is 0 Å². The van der Waals surface area contributed by atoms with Crippen molar-refractivity contribution in [1.29, 1.82) is 0 Å². The van der Waals surface area contributed by atoms with Gasteiger partial charge in [-0.2, -0.15) is 0 Å². The molecule has 0 bridgehead atoms. The number of Topliss-reactive ketones (excluding diaryl/α,β-unsaturated/α-hetero) is 1. The summed E-state index contributed by atoms with van der Waals surface area (Å²) in [6.45, 7) is 5.39. The van der Waals surface area contributed by atoms with Gasteiger partial charge in [-0.1, -0.05) is 32.4 Å². The van der Waals surface area contributed by atoms with Crippen molar-refractivity contribution in [3.8, 4) is 0 Å². The molecule has 0 spiro atoms. The van der Waals surface area contributed by atoms with E-state index in [0.717, 1.165) is 0 Å². The topological polar surface area (TPSA) is 46.2 Å². The molecule has 0 saturated carbocycles. The summed E-state index contributed by atoms with van der Waals surface area (Å²) in [4.78, 5) is 23.2. The van der Waals surface area contributed by atoms with Crippen molar-refractivity contribution in [1.82, 2.24) is 0 Å². The zero-order valence-electron chi connectivity index (χ0n) is 10.2. The number of anilines is 1. The van der Waals surface area contributed by atoms with Crippen LogP contribution >= 0.6 is 11.6 Å². The van der Waals surface area contributed by atoms with Gasteiger partial charge in [0.2, 0.25) is 5.91 Å². The number of rotatable bonds is 3. The molecule has 0 aliphatic carbocycles. The fraction of sp³-hybridized carbons (Fsp3) is 0.385. The molecule has 0 fully saturated rings. The van der Waals surface area contributed by atoms with E-state index in [1.54, 1.807) is 45.0 Å². The van der Waals surface area contributed by atoms with Crippen LogP contribution in [0.25, 0.3) is 0 Å². The van der Waals surface area contributed by atoms with Crippen molar-refractivity contribution < 1.29 is 9.59 Å². The van der Waals surface area contributed by atoms with Gasteiger partial charge in [0.1, 0.15) is 5.78 Å². The minimum Gasteiger partial charge on any atom is -0.326 e. The van der Waals surface area contributed by atoms with Gasteiger partial charge in [-0.25, -0.2) is 0 Å². The molecule has 4 heteroatoms. The summed E-state index contributed by atoms with van der Waals surface area (Å²) >= 11 is 5.73. The second-order valence-corrected chi connectivity index (χ2v) is 5.34. The van der Waals surface area contributed by atoms with Crippen molar-refractivity contribution >= 4 is 29.0 Å². The van der Waals surface area contributed by atoms with E-state index in [1.807, 2.05) is 0 Å². The van der Waals surface area contributed by atoms with Crippen LogP contribution in [0.5, 0.6) is 0 Å². The lowest BCUT2D eigenvalue weighted by Crippen LogP contribution is -2.26. The first-order valence-electron chi connectivity index (χ1n) is 5.38. The first-order valence-corrected chi connectivity index (χ1v) is 5.75. The average Bonchev–Trinajstić information content (AvgIpc) is 2.20. The molecule has 0 aliphatic heterocycles. The molecular formula is C13H16ClNO2. The van der Waals surface area contributed by atoms with E-state index in [0.29, 0.717) is 10.7 Å². The van der Waals surface area contributed by atoms with Crippen LogP contribution in [0.4, 0.5) is 5.69 Å². The van der Waals surface area contributed by atoms with Crippen molar-refractivity contribution in [3.63, 3.8) is 0 Å². The molecule has 0 radical (unpaired) electrons. The molecular weight excluding hydrogens is 238 g/mol. The summed E-state index contributed by atoms with van der Waals surface area (Å²) in [6.07, 6.45) is -0.105. The van der Waals surface area contributed by atoms with Gasteiger partial charge in [0.25, 0.3) is 0 Å². The molecule has 1 aromatic carbocycles. The van der Waals surface area contributed by atoms with Crippen LogP contribution in [0.15, 0.2) is 24.3 Å². The number of benzene rings is 1. The Labute approximate surface area is 106 Å². The maximum Gasteiger partial charge on any atom is 0.231 e. The minimum atomic E-state index is -0.489. The standard InChI is InChI=1S/C13H16ClNO2/c1-13(2,3)11(16)8-12(17)15-10-6-4-9(14)5-7-10/h4-7H,8H2,1-3H3,(H,15,17). The molecule has 17 heavy (non-hydrogen) atoms. The summed E-state index contributed by atoms with van der Waals surface area (Å²) in [7, 11) is 0. The Bertz CT molecular complexity index is 418. The fourth-order valence-corrected chi connectivity index (χ4v) is 1.28. The fourth-order valence-electron chi connectivity index (χ4n) is 1.15.